The van der Waals surface area contributed by atoms with E-state index in [0.29, 0.717) is 0 Å². The van der Waals surface area contributed by atoms with Gasteiger partial charge in [-0.2, -0.15) is 0 Å². The summed E-state index contributed by atoms with van der Waals surface area (Å²) < 4.78 is 5.91. The van der Waals surface area contributed by atoms with E-state index >= 15 is 0 Å². The Labute approximate surface area is 174 Å². The van der Waals surface area contributed by atoms with E-state index in [9.17, 15) is 4.79 Å². The minimum Gasteiger partial charge on any atom is -0.473 e. The molecule has 1 aliphatic heterocycles. The summed E-state index contributed by atoms with van der Waals surface area (Å²) >= 11 is 0. The maximum Gasteiger partial charge on any atom is 0.320 e. The number of hydrogen-bond acceptors (Lipinski definition) is 3. The van der Waals surface area contributed by atoms with Gasteiger partial charge in [-0.1, -0.05) is 68.8 Å². The summed E-state index contributed by atoms with van der Waals surface area (Å²) in [6, 6.07) is 16.6. The van der Waals surface area contributed by atoms with E-state index in [1.165, 1.54) is 11.1 Å². The van der Waals surface area contributed by atoms with Gasteiger partial charge < -0.3 is 15.0 Å². The van der Waals surface area contributed by atoms with Gasteiger partial charge in [0.15, 0.2) is 6.73 Å². The second-order valence-corrected chi connectivity index (χ2v) is 8.77. The molecule has 0 spiro atoms. The fourth-order valence-electron chi connectivity index (χ4n) is 3.59. The van der Waals surface area contributed by atoms with E-state index in [1.54, 1.807) is 0 Å². The number of carbonyl (C=O) groups is 1. The molecule has 2 aromatic carbocycles. The van der Waals surface area contributed by atoms with Crippen molar-refractivity contribution in [3.05, 3.63) is 65.2 Å². The van der Waals surface area contributed by atoms with Crippen molar-refractivity contribution in [2.24, 2.45) is 0 Å². The van der Waals surface area contributed by atoms with Crippen LogP contribution < -0.4 is 10.1 Å². The predicted octanol–water partition coefficient (Wildman–Crippen LogP) is 4.16. The zero-order valence-corrected chi connectivity index (χ0v) is 18.1. The first kappa shape index (κ1) is 21.2. The van der Waals surface area contributed by atoms with E-state index < -0.39 is 0 Å². The van der Waals surface area contributed by atoms with Crippen LogP contribution in [0.2, 0.25) is 0 Å². The van der Waals surface area contributed by atoms with Crippen molar-refractivity contribution in [2.75, 3.05) is 32.9 Å². The summed E-state index contributed by atoms with van der Waals surface area (Å²) in [6.07, 6.45) is 0. The van der Waals surface area contributed by atoms with Crippen LogP contribution >= 0.6 is 0 Å². The Hall–Kier alpha value is -2.53. The van der Waals surface area contributed by atoms with Gasteiger partial charge in [-0.25, -0.2) is 4.79 Å². The highest BCUT2D eigenvalue weighted by molar-refractivity contribution is 5.74. The maximum absolute atomic E-state index is 12.5. The number of amides is 2. The number of rotatable bonds is 5. The zero-order valence-electron chi connectivity index (χ0n) is 18.1. The molecule has 1 saturated heterocycles. The van der Waals surface area contributed by atoms with Gasteiger partial charge in [0.25, 0.3) is 0 Å². The third-order valence-electron chi connectivity index (χ3n) is 5.30. The maximum atomic E-state index is 12.5. The lowest BCUT2D eigenvalue weighted by atomic mass is 9.85. The van der Waals surface area contributed by atoms with Gasteiger partial charge in [0.2, 0.25) is 0 Å². The van der Waals surface area contributed by atoms with Crippen molar-refractivity contribution in [1.82, 2.24) is 15.1 Å². The summed E-state index contributed by atoms with van der Waals surface area (Å²) in [5.74, 6) is 0.830. The third kappa shape index (κ3) is 5.97. The zero-order chi connectivity index (χ0) is 20.9. The van der Waals surface area contributed by atoms with Crippen LogP contribution in [0.1, 0.15) is 37.5 Å². The molecule has 5 nitrogen and oxygen atoms in total. The molecular weight excluding hydrogens is 362 g/mol. The Morgan fingerprint density at radius 1 is 1.03 bits per heavy atom. The van der Waals surface area contributed by atoms with Crippen molar-refractivity contribution < 1.29 is 9.53 Å². The van der Waals surface area contributed by atoms with Crippen molar-refractivity contribution in [2.45, 2.75) is 39.7 Å². The number of piperazine rings is 1. The summed E-state index contributed by atoms with van der Waals surface area (Å²) in [5, 5.41) is 2.90. The average molecular weight is 396 g/mol. The van der Waals surface area contributed by atoms with Gasteiger partial charge in [0, 0.05) is 32.7 Å². The molecule has 0 aromatic heterocycles. The van der Waals surface area contributed by atoms with Crippen molar-refractivity contribution in [3.8, 4) is 5.75 Å². The van der Waals surface area contributed by atoms with Crippen molar-refractivity contribution in [3.63, 3.8) is 0 Å². The second kappa shape index (κ2) is 9.31. The Morgan fingerprint density at radius 3 is 2.38 bits per heavy atom. The Balaban J connectivity index is 1.45. The molecule has 3 rings (SSSR count). The molecule has 5 heteroatoms. The first-order chi connectivity index (χ1) is 13.8. The number of carbonyl (C=O) groups excluding carboxylic acids is 1. The molecule has 0 radical (unpaired) electrons. The average Bonchev–Trinajstić information content (AvgIpc) is 2.69. The fraction of sp³-hybridized carbons (Fsp3) is 0.458. The van der Waals surface area contributed by atoms with Crippen LogP contribution in [-0.4, -0.2) is 48.7 Å². The first-order valence-electron chi connectivity index (χ1n) is 10.4. The predicted molar refractivity (Wildman–Crippen MR) is 117 cm³/mol. The molecule has 2 amide bonds. The van der Waals surface area contributed by atoms with Crippen molar-refractivity contribution >= 4 is 6.03 Å². The highest BCUT2D eigenvalue weighted by Gasteiger charge is 2.22. The normalized spacial score (nSPS) is 15.2. The van der Waals surface area contributed by atoms with E-state index in [4.69, 9.17) is 4.74 Å². The highest BCUT2D eigenvalue weighted by Crippen LogP contribution is 2.32. The Morgan fingerprint density at radius 2 is 1.72 bits per heavy atom. The van der Waals surface area contributed by atoms with Gasteiger partial charge in [-0.3, -0.25) is 4.90 Å². The molecule has 2 aromatic rings. The number of urea groups is 1. The largest absolute Gasteiger partial charge is 0.473 e. The molecule has 156 valence electrons. The van der Waals surface area contributed by atoms with Crippen LogP contribution in [0.3, 0.4) is 0 Å². The number of ether oxygens (including phenoxy) is 1. The molecule has 0 saturated carbocycles. The van der Waals surface area contributed by atoms with E-state index in [0.717, 1.165) is 44.0 Å². The second-order valence-electron chi connectivity index (χ2n) is 8.77. The Kier molecular flexibility index (Phi) is 6.80. The summed E-state index contributed by atoms with van der Waals surface area (Å²) in [6.45, 7) is 12.9. The molecule has 1 N–H and O–H groups in total. The highest BCUT2D eigenvalue weighted by atomic mass is 16.5. The molecular formula is C24H33N3O2. The lowest BCUT2D eigenvalue weighted by Crippen LogP contribution is -2.51. The SMILES string of the molecule is Cc1ccc(OCNC(=O)N2CCN(Cc3ccccc3)CC2)c(C(C)(C)C)c1. The van der Waals surface area contributed by atoms with Crippen LogP contribution in [0.25, 0.3) is 0 Å². The monoisotopic (exact) mass is 395 g/mol. The number of benzene rings is 2. The fourth-order valence-corrected chi connectivity index (χ4v) is 3.59. The minimum atomic E-state index is -0.0613. The number of aryl methyl sites for hydroxylation is 1. The van der Waals surface area contributed by atoms with Gasteiger partial charge >= 0.3 is 6.03 Å². The molecule has 0 atom stereocenters. The smallest absolute Gasteiger partial charge is 0.320 e. The molecule has 1 heterocycles. The molecule has 0 bridgehead atoms. The lowest BCUT2D eigenvalue weighted by molar-refractivity contribution is 0.130. The van der Waals surface area contributed by atoms with Gasteiger partial charge in [-0.05, 0) is 29.5 Å². The van der Waals surface area contributed by atoms with E-state index in [-0.39, 0.29) is 18.2 Å². The van der Waals surface area contributed by atoms with Crippen LogP contribution in [0.5, 0.6) is 5.75 Å². The summed E-state index contributed by atoms with van der Waals surface area (Å²) in [7, 11) is 0. The summed E-state index contributed by atoms with van der Waals surface area (Å²) in [5.41, 5.74) is 3.66. The quantitative estimate of drug-likeness (QED) is 0.774. The van der Waals surface area contributed by atoms with Crippen molar-refractivity contribution in [1.29, 1.82) is 0 Å². The molecule has 0 unspecified atom stereocenters. The number of hydrogen-bond donors (Lipinski definition) is 1. The van der Waals surface area contributed by atoms with Crippen LogP contribution in [-0.2, 0) is 12.0 Å². The van der Waals surface area contributed by atoms with Crippen LogP contribution in [0, 0.1) is 6.92 Å². The molecule has 1 aliphatic rings. The van der Waals surface area contributed by atoms with E-state index in [1.807, 2.05) is 23.1 Å². The van der Waals surface area contributed by atoms with Crippen LogP contribution in [0.15, 0.2) is 48.5 Å². The van der Waals surface area contributed by atoms with Crippen LogP contribution in [0.4, 0.5) is 4.79 Å². The number of nitrogens with one attached hydrogen (secondary N) is 1. The van der Waals surface area contributed by atoms with E-state index in [2.05, 4.69) is 68.2 Å². The first-order valence-corrected chi connectivity index (χ1v) is 10.4. The van der Waals surface area contributed by atoms with Gasteiger partial charge in [0.05, 0.1) is 0 Å². The standard InChI is InChI=1S/C24H33N3O2/c1-19-10-11-22(21(16-19)24(2,3)4)29-18-25-23(28)27-14-12-26(13-15-27)17-20-8-6-5-7-9-20/h5-11,16H,12-15,17-18H2,1-4H3,(H,25,28). The number of nitrogens with zero attached hydrogens (tertiary/aromatic N) is 2. The summed E-state index contributed by atoms with van der Waals surface area (Å²) in [4.78, 5) is 16.8. The minimum absolute atomic E-state index is 0.0134. The molecule has 0 aliphatic carbocycles. The Bertz CT molecular complexity index is 807. The molecule has 29 heavy (non-hydrogen) atoms. The van der Waals surface area contributed by atoms with Gasteiger partial charge in [0.1, 0.15) is 5.75 Å². The lowest BCUT2D eigenvalue weighted by Gasteiger charge is -2.34. The van der Waals surface area contributed by atoms with Gasteiger partial charge in [-0.15, -0.1) is 0 Å². The third-order valence-corrected chi connectivity index (χ3v) is 5.30. The molecule has 1 fully saturated rings. The topological polar surface area (TPSA) is 44.8 Å².